The summed E-state index contributed by atoms with van der Waals surface area (Å²) in [5.41, 5.74) is 1.56. The van der Waals surface area contributed by atoms with Crippen molar-refractivity contribution in [2.45, 2.75) is 66.3 Å². The molecule has 0 bridgehead atoms. The van der Waals surface area contributed by atoms with E-state index < -0.39 is 0 Å². The lowest BCUT2D eigenvalue weighted by molar-refractivity contribution is 0.279. The summed E-state index contributed by atoms with van der Waals surface area (Å²) in [5.74, 6) is 0. The van der Waals surface area contributed by atoms with Gasteiger partial charge in [-0.05, 0) is 59.3 Å². The average molecular weight is 256 g/mol. The van der Waals surface area contributed by atoms with E-state index in [2.05, 4.69) is 39.5 Å². The fourth-order valence-electron chi connectivity index (χ4n) is 1.92. The second kappa shape index (κ2) is 11.0. The summed E-state index contributed by atoms with van der Waals surface area (Å²) in [6, 6.07) is 1.46. The molecular formula is C15H33NSi. The van der Waals surface area contributed by atoms with Gasteiger partial charge in [0.15, 0.2) is 0 Å². The van der Waals surface area contributed by atoms with Crippen LogP contribution in [0.5, 0.6) is 0 Å². The van der Waals surface area contributed by atoms with Gasteiger partial charge in [0.1, 0.15) is 0 Å². The number of nitrogens with zero attached hydrogens (tertiary/aromatic N) is 1. The molecule has 0 amide bonds. The molecule has 0 radical (unpaired) electrons. The Kier molecular flexibility index (Phi) is 11.0. The molecule has 2 heteroatoms. The minimum atomic E-state index is 0.0369. The molecule has 0 rings (SSSR count). The first-order chi connectivity index (χ1) is 8.11. The van der Waals surface area contributed by atoms with Gasteiger partial charge < -0.3 is 4.90 Å². The van der Waals surface area contributed by atoms with Crippen LogP contribution in [-0.4, -0.2) is 34.1 Å². The Morgan fingerprint density at radius 1 is 0.882 bits per heavy atom. The van der Waals surface area contributed by atoms with Gasteiger partial charge in [-0.1, -0.05) is 37.5 Å². The molecule has 0 N–H and O–H groups in total. The number of allylic oxidation sites excluding steroid dienone is 2. The van der Waals surface area contributed by atoms with Gasteiger partial charge in [0.05, 0.1) is 9.52 Å². The molecule has 0 aliphatic rings. The second-order valence-corrected chi connectivity index (χ2v) is 7.70. The lowest BCUT2D eigenvalue weighted by atomic mass is 10.2. The quantitative estimate of drug-likeness (QED) is 0.537. The Bertz CT molecular complexity index is 199. The van der Waals surface area contributed by atoms with Crippen LogP contribution in [0.2, 0.25) is 6.04 Å². The lowest BCUT2D eigenvalue weighted by Crippen LogP contribution is -2.28. The van der Waals surface area contributed by atoms with Crippen molar-refractivity contribution in [1.82, 2.24) is 4.90 Å². The maximum atomic E-state index is 2.69. The predicted molar refractivity (Wildman–Crippen MR) is 83.7 cm³/mol. The summed E-state index contributed by atoms with van der Waals surface area (Å²) in [6.45, 7) is 15.4. The highest BCUT2D eigenvalue weighted by molar-refractivity contribution is 6.45. The highest BCUT2D eigenvalue weighted by atomic mass is 28.2. The van der Waals surface area contributed by atoms with Crippen LogP contribution in [-0.2, 0) is 0 Å². The summed E-state index contributed by atoms with van der Waals surface area (Å²) in [7, 11) is 0.0369. The SMILES string of the molecule is CCCCN(CCCC)CC[SiH2]C(C)=C(C)C. The van der Waals surface area contributed by atoms with Gasteiger partial charge in [0.2, 0.25) is 0 Å². The number of hydrogen-bond acceptors (Lipinski definition) is 1. The van der Waals surface area contributed by atoms with Gasteiger partial charge in [-0.2, -0.15) is 0 Å². The summed E-state index contributed by atoms with van der Waals surface area (Å²) in [5, 5.41) is 1.72. The predicted octanol–water partition coefficient (Wildman–Crippen LogP) is 3.79. The zero-order chi connectivity index (χ0) is 13.1. The van der Waals surface area contributed by atoms with E-state index in [1.807, 2.05) is 0 Å². The van der Waals surface area contributed by atoms with Gasteiger partial charge in [0, 0.05) is 0 Å². The van der Waals surface area contributed by atoms with Crippen molar-refractivity contribution in [2.75, 3.05) is 19.6 Å². The molecule has 1 nitrogen and oxygen atoms in total. The molecule has 0 aromatic carbocycles. The summed E-state index contributed by atoms with van der Waals surface area (Å²) in [6.07, 6.45) is 5.39. The van der Waals surface area contributed by atoms with Gasteiger partial charge in [-0.15, -0.1) is 0 Å². The van der Waals surface area contributed by atoms with Crippen LogP contribution in [0.15, 0.2) is 10.8 Å². The van der Waals surface area contributed by atoms with Gasteiger partial charge >= 0.3 is 0 Å². The van der Waals surface area contributed by atoms with Crippen LogP contribution in [0.3, 0.4) is 0 Å². The van der Waals surface area contributed by atoms with E-state index in [0.29, 0.717) is 0 Å². The second-order valence-electron chi connectivity index (χ2n) is 5.43. The summed E-state index contributed by atoms with van der Waals surface area (Å²) >= 11 is 0. The first-order valence-corrected chi connectivity index (χ1v) is 9.17. The monoisotopic (exact) mass is 255 g/mol. The van der Waals surface area contributed by atoms with E-state index in [1.165, 1.54) is 51.4 Å². The number of unbranched alkanes of at least 4 members (excludes halogenated alkanes) is 2. The van der Waals surface area contributed by atoms with E-state index in [4.69, 9.17) is 0 Å². The Labute approximate surface area is 111 Å². The third-order valence-corrected chi connectivity index (χ3v) is 5.66. The highest BCUT2D eigenvalue weighted by Gasteiger charge is 2.04. The molecule has 102 valence electrons. The van der Waals surface area contributed by atoms with Crippen LogP contribution in [0.25, 0.3) is 0 Å². The van der Waals surface area contributed by atoms with Crippen LogP contribution in [0.4, 0.5) is 0 Å². The van der Waals surface area contributed by atoms with Crippen molar-refractivity contribution in [3.8, 4) is 0 Å². The number of hydrogen-bond donors (Lipinski definition) is 0. The van der Waals surface area contributed by atoms with Crippen molar-refractivity contribution in [2.24, 2.45) is 0 Å². The maximum absolute atomic E-state index is 2.69. The number of rotatable bonds is 10. The Morgan fingerprint density at radius 3 is 1.82 bits per heavy atom. The molecule has 0 aromatic heterocycles. The third-order valence-electron chi connectivity index (χ3n) is 3.54. The molecule has 0 fully saturated rings. The van der Waals surface area contributed by atoms with Gasteiger partial charge in [-0.25, -0.2) is 0 Å². The molecule has 0 atom stereocenters. The summed E-state index contributed by atoms with van der Waals surface area (Å²) in [4.78, 5) is 2.69. The largest absolute Gasteiger partial charge is 0.304 e. The van der Waals surface area contributed by atoms with Gasteiger partial charge in [0.25, 0.3) is 0 Å². The summed E-state index contributed by atoms with van der Waals surface area (Å²) < 4.78 is 0. The van der Waals surface area contributed by atoms with E-state index in [9.17, 15) is 0 Å². The van der Waals surface area contributed by atoms with E-state index >= 15 is 0 Å². The minimum absolute atomic E-state index is 0.0369. The fraction of sp³-hybridized carbons (Fsp3) is 0.867. The lowest BCUT2D eigenvalue weighted by Gasteiger charge is -2.21. The van der Waals surface area contributed by atoms with Crippen molar-refractivity contribution < 1.29 is 0 Å². The van der Waals surface area contributed by atoms with Crippen LogP contribution >= 0.6 is 0 Å². The van der Waals surface area contributed by atoms with Crippen molar-refractivity contribution in [3.63, 3.8) is 0 Å². The molecule has 0 aromatic rings. The topological polar surface area (TPSA) is 3.24 Å². The fourth-order valence-corrected chi connectivity index (χ4v) is 3.55. The van der Waals surface area contributed by atoms with Crippen LogP contribution in [0.1, 0.15) is 60.3 Å². The Hall–Kier alpha value is -0.0831. The average Bonchev–Trinajstić information content (AvgIpc) is 2.31. The molecule has 17 heavy (non-hydrogen) atoms. The zero-order valence-electron chi connectivity index (χ0n) is 12.8. The van der Waals surface area contributed by atoms with Crippen molar-refractivity contribution >= 4 is 9.52 Å². The maximum Gasteiger partial charge on any atom is 0.0503 e. The van der Waals surface area contributed by atoms with Crippen LogP contribution < -0.4 is 0 Å². The standard InChI is InChI=1S/C15H33NSi/c1-6-8-10-16(11-9-7-2)12-13-17-15(5)14(3)4/h6-13,17H2,1-5H3. The third kappa shape index (κ3) is 9.60. The minimum Gasteiger partial charge on any atom is -0.304 e. The molecule has 0 heterocycles. The molecule has 0 aliphatic heterocycles. The smallest absolute Gasteiger partial charge is 0.0503 e. The first kappa shape index (κ1) is 16.9. The van der Waals surface area contributed by atoms with Crippen molar-refractivity contribution in [3.05, 3.63) is 10.8 Å². The Morgan fingerprint density at radius 2 is 1.41 bits per heavy atom. The van der Waals surface area contributed by atoms with E-state index in [-0.39, 0.29) is 9.52 Å². The molecule has 0 spiro atoms. The molecule has 0 saturated carbocycles. The normalized spacial score (nSPS) is 11.6. The van der Waals surface area contributed by atoms with Gasteiger partial charge in [-0.3, -0.25) is 0 Å². The molecule has 0 unspecified atom stereocenters. The molecular weight excluding hydrogens is 222 g/mol. The van der Waals surface area contributed by atoms with Crippen molar-refractivity contribution in [1.29, 1.82) is 0 Å². The van der Waals surface area contributed by atoms with E-state index in [0.717, 1.165) is 0 Å². The first-order valence-electron chi connectivity index (χ1n) is 7.47. The zero-order valence-corrected chi connectivity index (χ0v) is 14.2. The van der Waals surface area contributed by atoms with Crippen LogP contribution in [0, 0.1) is 0 Å². The Balaban J connectivity index is 3.85. The van der Waals surface area contributed by atoms with E-state index in [1.54, 1.807) is 10.8 Å². The molecule has 0 aliphatic carbocycles. The highest BCUT2D eigenvalue weighted by Crippen LogP contribution is 2.05. The molecule has 0 saturated heterocycles.